The fraction of sp³-hybridized carbons (Fsp3) is 0.778. The number of hydrogen-bond acceptors (Lipinski definition) is 3. The highest BCUT2D eigenvalue weighted by atomic mass is 16.7. The van der Waals surface area contributed by atoms with Gasteiger partial charge in [-0.3, -0.25) is 0 Å². The Morgan fingerprint density at radius 1 is 1.58 bits per heavy atom. The molecule has 12 heavy (non-hydrogen) atoms. The lowest BCUT2D eigenvalue weighted by Gasteiger charge is -2.28. The van der Waals surface area contributed by atoms with Crippen LogP contribution in [0.25, 0.3) is 0 Å². The Bertz CT molecular complexity index is 196. The summed E-state index contributed by atoms with van der Waals surface area (Å²) in [5, 5.41) is 9.55. The van der Waals surface area contributed by atoms with Crippen LogP contribution in [0.3, 0.4) is 0 Å². The zero-order chi connectivity index (χ0) is 9.24. The average Bonchev–Trinajstić information content (AvgIpc) is 2.35. The van der Waals surface area contributed by atoms with E-state index < -0.39 is 11.4 Å². The number of hydrogen-bond donors (Lipinski definition) is 1. The van der Waals surface area contributed by atoms with Crippen molar-refractivity contribution < 1.29 is 14.6 Å². The number of terminal acetylenes is 1. The SMILES string of the molecule is C#C[C@@](C)(O)CC1(C)OCCO1. The van der Waals surface area contributed by atoms with Gasteiger partial charge in [-0.2, -0.15) is 0 Å². The van der Waals surface area contributed by atoms with Gasteiger partial charge < -0.3 is 14.6 Å². The average molecular weight is 170 g/mol. The van der Waals surface area contributed by atoms with Gasteiger partial charge in [-0.05, 0) is 13.8 Å². The third-order valence-corrected chi connectivity index (χ3v) is 1.87. The van der Waals surface area contributed by atoms with Crippen molar-refractivity contribution in [1.82, 2.24) is 0 Å². The smallest absolute Gasteiger partial charge is 0.169 e. The number of ether oxygens (including phenoxy) is 2. The fourth-order valence-electron chi connectivity index (χ4n) is 1.34. The molecule has 1 aliphatic rings. The predicted molar refractivity (Wildman–Crippen MR) is 44.4 cm³/mol. The molecule has 0 spiro atoms. The van der Waals surface area contributed by atoms with Crippen molar-refractivity contribution in [1.29, 1.82) is 0 Å². The summed E-state index contributed by atoms with van der Waals surface area (Å²) in [6, 6.07) is 0. The van der Waals surface area contributed by atoms with E-state index in [1.807, 2.05) is 0 Å². The van der Waals surface area contributed by atoms with Gasteiger partial charge in [0.1, 0.15) is 5.60 Å². The van der Waals surface area contributed by atoms with E-state index in [4.69, 9.17) is 15.9 Å². The van der Waals surface area contributed by atoms with Crippen LogP contribution < -0.4 is 0 Å². The maximum Gasteiger partial charge on any atom is 0.169 e. The normalized spacial score (nSPS) is 26.2. The topological polar surface area (TPSA) is 38.7 Å². The van der Waals surface area contributed by atoms with Crippen molar-refractivity contribution in [3.8, 4) is 12.3 Å². The summed E-state index contributed by atoms with van der Waals surface area (Å²) in [5.41, 5.74) is -1.15. The van der Waals surface area contributed by atoms with E-state index in [1.165, 1.54) is 0 Å². The molecule has 0 aromatic heterocycles. The maximum atomic E-state index is 9.55. The minimum absolute atomic E-state index is 0.302. The first-order valence-electron chi connectivity index (χ1n) is 3.95. The minimum atomic E-state index is -1.15. The van der Waals surface area contributed by atoms with Crippen molar-refractivity contribution in [3.05, 3.63) is 0 Å². The molecule has 3 nitrogen and oxygen atoms in total. The van der Waals surface area contributed by atoms with E-state index in [0.29, 0.717) is 19.6 Å². The van der Waals surface area contributed by atoms with E-state index in [9.17, 15) is 5.11 Å². The molecule has 1 aliphatic heterocycles. The second kappa shape index (κ2) is 3.06. The van der Waals surface area contributed by atoms with Crippen molar-refractivity contribution in [2.45, 2.75) is 31.7 Å². The Morgan fingerprint density at radius 2 is 2.08 bits per heavy atom. The zero-order valence-corrected chi connectivity index (χ0v) is 7.46. The Balaban J connectivity index is 2.56. The first-order valence-corrected chi connectivity index (χ1v) is 3.95. The van der Waals surface area contributed by atoms with Crippen LogP contribution in [0.2, 0.25) is 0 Å². The van der Waals surface area contributed by atoms with Crippen LogP contribution in [-0.4, -0.2) is 29.7 Å². The molecule has 1 saturated heterocycles. The molecule has 0 radical (unpaired) electrons. The Kier molecular flexibility index (Phi) is 2.43. The first-order chi connectivity index (χ1) is 5.47. The first kappa shape index (κ1) is 9.53. The number of rotatable bonds is 2. The summed E-state index contributed by atoms with van der Waals surface area (Å²) >= 11 is 0. The van der Waals surface area contributed by atoms with Crippen LogP contribution in [0.15, 0.2) is 0 Å². The lowest BCUT2D eigenvalue weighted by Crippen LogP contribution is -2.37. The summed E-state index contributed by atoms with van der Waals surface area (Å²) in [6.07, 6.45) is 5.43. The molecule has 1 rings (SSSR count). The summed E-state index contributed by atoms with van der Waals surface area (Å²) in [7, 11) is 0. The molecule has 1 heterocycles. The standard InChI is InChI=1S/C9H14O3/c1-4-8(2,10)7-9(3)11-5-6-12-9/h1,10H,5-7H2,2-3H3/t8-/m1/s1. The van der Waals surface area contributed by atoms with E-state index in [2.05, 4.69) is 5.92 Å². The predicted octanol–water partition coefficient (Wildman–Crippen LogP) is 0.524. The van der Waals surface area contributed by atoms with Crippen molar-refractivity contribution in [2.24, 2.45) is 0 Å². The van der Waals surface area contributed by atoms with Gasteiger partial charge in [-0.25, -0.2) is 0 Å². The zero-order valence-electron chi connectivity index (χ0n) is 7.46. The van der Waals surface area contributed by atoms with Crippen molar-refractivity contribution in [3.63, 3.8) is 0 Å². The lowest BCUT2D eigenvalue weighted by atomic mass is 9.98. The molecule has 0 unspecified atom stereocenters. The molecule has 3 heteroatoms. The Hall–Kier alpha value is -0.560. The van der Waals surface area contributed by atoms with Crippen molar-refractivity contribution >= 4 is 0 Å². The largest absolute Gasteiger partial charge is 0.378 e. The highest BCUT2D eigenvalue weighted by Gasteiger charge is 2.37. The molecule has 0 saturated carbocycles. The third-order valence-electron chi connectivity index (χ3n) is 1.87. The van der Waals surface area contributed by atoms with E-state index in [1.54, 1.807) is 13.8 Å². The molecular formula is C9H14O3. The van der Waals surface area contributed by atoms with Gasteiger partial charge >= 0.3 is 0 Å². The van der Waals surface area contributed by atoms with Gasteiger partial charge in [0.2, 0.25) is 0 Å². The molecule has 0 aliphatic carbocycles. The number of aliphatic hydroxyl groups is 1. The molecular weight excluding hydrogens is 156 g/mol. The molecule has 0 amide bonds. The third kappa shape index (κ3) is 2.21. The summed E-state index contributed by atoms with van der Waals surface area (Å²) in [4.78, 5) is 0. The molecule has 1 atom stereocenters. The quantitative estimate of drug-likeness (QED) is 0.614. The van der Waals surface area contributed by atoms with Gasteiger partial charge in [0.05, 0.1) is 13.2 Å². The second-order valence-corrected chi connectivity index (χ2v) is 3.43. The second-order valence-electron chi connectivity index (χ2n) is 3.43. The van der Waals surface area contributed by atoms with Gasteiger partial charge in [-0.15, -0.1) is 6.42 Å². The lowest BCUT2D eigenvalue weighted by molar-refractivity contribution is -0.169. The monoisotopic (exact) mass is 170 g/mol. The molecule has 1 N–H and O–H groups in total. The summed E-state index contributed by atoms with van der Waals surface area (Å²) in [6.45, 7) is 4.49. The Labute approximate surface area is 72.7 Å². The molecule has 1 fully saturated rings. The van der Waals surface area contributed by atoms with Gasteiger partial charge in [0.15, 0.2) is 5.79 Å². The van der Waals surface area contributed by atoms with Crippen LogP contribution in [-0.2, 0) is 9.47 Å². The molecule has 0 aromatic rings. The van der Waals surface area contributed by atoms with Crippen LogP contribution in [0.1, 0.15) is 20.3 Å². The van der Waals surface area contributed by atoms with Crippen LogP contribution in [0.5, 0.6) is 0 Å². The van der Waals surface area contributed by atoms with Gasteiger partial charge in [0.25, 0.3) is 0 Å². The minimum Gasteiger partial charge on any atom is -0.378 e. The summed E-state index contributed by atoms with van der Waals surface area (Å²) < 4.78 is 10.6. The van der Waals surface area contributed by atoms with Crippen LogP contribution in [0.4, 0.5) is 0 Å². The van der Waals surface area contributed by atoms with Gasteiger partial charge in [0, 0.05) is 6.42 Å². The molecule has 0 aromatic carbocycles. The van der Waals surface area contributed by atoms with Gasteiger partial charge in [-0.1, -0.05) is 5.92 Å². The fourth-order valence-corrected chi connectivity index (χ4v) is 1.34. The van der Waals surface area contributed by atoms with Crippen LogP contribution >= 0.6 is 0 Å². The highest BCUT2D eigenvalue weighted by molar-refractivity contribution is 5.06. The van der Waals surface area contributed by atoms with Crippen LogP contribution in [0, 0.1) is 12.3 Å². The maximum absolute atomic E-state index is 9.55. The highest BCUT2D eigenvalue weighted by Crippen LogP contribution is 2.28. The molecule has 0 bridgehead atoms. The summed E-state index contributed by atoms with van der Waals surface area (Å²) in [5.74, 6) is 1.58. The van der Waals surface area contributed by atoms with E-state index >= 15 is 0 Å². The molecule has 68 valence electrons. The van der Waals surface area contributed by atoms with E-state index in [-0.39, 0.29) is 0 Å². The van der Waals surface area contributed by atoms with E-state index in [0.717, 1.165) is 0 Å². The Morgan fingerprint density at radius 3 is 2.50 bits per heavy atom. The van der Waals surface area contributed by atoms with Crippen molar-refractivity contribution in [2.75, 3.05) is 13.2 Å².